The lowest BCUT2D eigenvalue weighted by molar-refractivity contribution is -0.137. The lowest BCUT2D eigenvalue weighted by Gasteiger charge is -2.12. The van der Waals surface area contributed by atoms with E-state index in [1.165, 1.54) is 19.1 Å². The second kappa shape index (κ2) is 5.00. The van der Waals surface area contributed by atoms with E-state index in [1.807, 2.05) is 0 Å². The van der Waals surface area contributed by atoms with Crippen molar-refractivity contribution < 1.29 is 23.1 Å². The fraction of sp³-hybridized carbons (Fsp3) is 0.133. The van der Waals surface area contributed by atoms with Gasteiger partial charge in [-0.1, -0.05) is 24.3 Å². The molecule has 0 spiro atoms. The number of alkyl halides is 3. The van der Waals surface area contributed by atoms with Crippen LogP contribution in [0.2, 0.25) is 0 Å². The van der Waals surface area contributed by atoms with Crippen molar-refractivity contribution in [2.24, 2.45) is 0 Å². The number of hydrogen-bond donors (Lipinski definition) is 1. The summed E-state index contributed by atoms with van der Waals surface area (Å²) in [4.78, 5) is 11.2. The lowest BCUT2D eigenvalue weighted by Crippen LogP contribution is -2.06. The van der Waals surface area contributed by atoms with Gasteiger partial charge in [0.05, 0.1) is 11.1 Å². The molecule has 5 heteroatoms. The maximum absolute atomic E-state index is 12.6. The zero-order chi connectivity index (χ0) is 14.9. The van der Waals surface area contributed by atoms with E-state index in [0.717, 1.165) is 12.1 Å². The van der Waals surface area contributed by atoms with E-state index in [0.29, 0.717) is 16.7 Å². The van der Waals surface area contributed by atoms with E-state index in [4.69, 9.17) is 5.11 Å². The quantitative estimate of drug-likeness (QED) is 0.886. The lowest BCUT2D eigenvalue weighted by atomic mass is 9.94. The molecule has 2 nitrogen and oxygen atoms in total. The van der Waals surface area contributed by atoms with Crippen molar-refractivity contribution in [3.63, 3.8) is 0 Å². The average Bonchev–Trinajstić information content (AvgIpc) is 2.37. The Balaban J connectivity index is 2.58. The molecule has 0 unspecified atom stereocenters. The number of carboxylic acid groups (broad SMARTS) is 1. The molecule has 0 bridgehead atoms. The van der Waals surface area contributed by atoms with Gasteiger partial charge >= 0.3 is 12.1 Å². The third-order valence-electron chi connectivity index (χ3n) is 3.00. The van der Waals surface area contributed by atoms with Gasteiger partial charge in [0.1, 0.15) is 0 Å². The number of halogens is 3. The number of aromatic carboxylic acids is 1. The molecular weight excluding hydrogens is 269 g/mol. The van der Waals surface area contributed by atoms with E-state index < -0.39 is 17.7 Å². The summed E-state index contributed by atoms with van der Waals surface area (Å²) in [6.07, 6.45) is -4.41. The highest BCUT2D eigenvalue weighted by atomic mass is 19.4. The summed E-state index contributed by atoms with van der Waals surface area (Å²) in [5.74, 6) is -1.11. The van der Waals surface area contributed by atoms with E-state index in [1.54, 1.807) is 18.2 Å². The van der Waals surface area contributed by atoms with Crippen molar-refractivity contribution in [3.8, 4) is 11.1 Å². The van der Waals surface area contributed by atoms with E-state index in [-0.39, 0.29) is 5.56 Å². The number of aryl methyl sites for hydroxylation is 1. The first-order valence-corrected chi connectivity index (χ1v) is 5.81. The van der Waals surface area contributed by atoms with E-state index in [2.05, 4.69) is 0 Å². The SMILES string of the molecule is Cc1cc(C(F)(F)F)ccc1-c1ccccc1C(=O)O. The van der Waals surface area contributed by atoms with Gasteiger partial charge in [-0.15, -0.1) is 0 Å². The van der Waals surface area contributed by atoms with Gasteiger partial charge in [0.25, 0.3) is 0 Å². The van der Waals surface area contributed by atoms with Gasteiger partial charge in [-0.05, 0) is 41.8 Å². The molecule has 0 radical (unpaired) electrons. The summed E-state index contributed by atoms with van der Waals surface area (Å²) < 4.78 is 37.8. The number of hydrogen-bond acceptors (Lipinski definition) is 1. The normalized spacial score (nSPS) is 11.4. The Bertz CT molecular complexity index is 660. The number of benzene rings is 2. The van der Waals surface area contributed by atoms with Crippen LogP contribution in [0.3, 0.4) is 0 Å². The Kier molecular flexibility index (Phi) is 3.53. The fourth-order valence-corrected chi connectivity index (χ4v) is 2.05. The molecular formula is C15H11F3O2. The second-order valence-electron chi connectivity index (χ2n) is 4.38. The molecule has 0 aliphatic heterocycles. The van der Waals surface area contributed by atoms with E-state index in [9.17, 15) is 18.0 Å². The third kappa shape index (κ3) is 2.66. The first-order chi connectivity index (χ1) is 9.30. The minimum atomic E-state index is -4.41. The molecule has 2 rings (SSSR count). The highest BCUT2D eigenvalue weighted by Crippen LogP contribution is 2.34. The van der Waals surface area contributed by atoms with Crippen LogP contribution >= 0.6 is 0 Å². The molecule has 2 aromatic carbocycles. The minimum Gasteiger partial charge on any atom is -0.478 e. The van der Waals surface area contributed by atoms with Crippen LogP contribution in [0.5, 0.6) is 0 Å². The third-order valence-corrected chi connectivity index (χ3v) is 3.00. The standard InChI is InChI=1S/C15H11F3O2/c1-9-8-10(15(16,17)18)6-7-11(9)12-4-2-3-5-13(12)14(19)20/h2-8H,1H3,(H,19,20). The Hall–Kier alpha value is -2.30. The Morgan fingerprint density at radius 3 is 2.25 bits per heavy atom. The van der Waals surface area contributed by atoms with Crippen LogP contribution in [0.4, 0.5) is 13.2 Å². The molecule has 0 aliphatic carbocycles. The Labute approximate surface area is 113 Å². The largest absolute Gasteiger partial charge is 0.478 e. The number of carbonyl (C=O) groups is 1. The van der Waals surface area contributed by atoms with Crippen LogP contribution < -0.4 is 0 Å². The Morgan fingerprint density at radius 2 is 1.70 bits per heavy atom. The summed E-state index contributed by atoms with van der Waals surface area (Å²) in [6.45, 7) is 1.53. The van der Waals surface area contributed by atoms with Crippen LogP contribution in [0.25, 0.3) is 11.1 Å². The van der Waals surface area contributed by atoms with Gasteiger partial charge in [-0.3, -0.25) is 0 Å². The van der Waals surface area contributed by atoms with Crippen LogP contribution in [0.15, 0.2) is 42.5 Å². The van der Waals surface area contributed by atoms with Crippen molar-refractivity contribution in [1.82, 2.24) is 0 Å². The number of carboxylic acids is 1. The predicted molar refractivity (Wildman–Crippen MR) is 68.6 cm³/mol. The van der Waals surface area contributed by atoms with Crippen molar-refractivity contribution in [1.29, 1.82) is 0 Å². The summed E-state index contributed by atoms with van der Waals surface area (Å²) in [7, 11) is 0. The highest BCUT2D eigenvalue weighted by Gasteiger charge is 2.30. The second-order valence-corrected chi connectivity index (χ2v) is 4.38. The molecule has 0 saturated carbocycles. The van der Waals surface area contributed by atoms with Crippen LogP contribution in [0.1, 0.15) is 21.5 Å². The van der Waals surface area contributed by atoms with Crippen molar-refractivity contribution in [2.75, 3.05) is 0 Å². The van der Waals surface area contributed by atoms with Gasteiger partial charge in [-0.25, -0.2) is 4.79 Å². The fourth-order valence-electron chi connectivity index (χ4n) is 2.05. The molecule has 0 saturated heterocycles. The van der Waals surface area contributed by atoms with Crippen molar-refractivity contribution in [2.45, 2.75) is 13.1 Å². The number of rotatable bonds is 2. The van der Waals surface area contributed by atoms with Gasteiger partial charge in [-0.2, -0.15) is 13.2 Å². The molecule has 1 N–H and O–H groups in total. The van der Waals surface area contributed by atoms with Gasteiger partial charge in [0.2, 0.25) is 0 Å². The van der Waals surface area contributed by atoms with Crippen LogP contribution in [-0.4, -0.2) is 11.1 Å². The first kappa shape index (κ1) is 14.1. The van der Waals surface area contributed by atoms with Crippen molar-refractivity contribution in [3.05, 3.63) is 59.2 Å². The van der Waals surface area contributed by atoms with Crippen LogP contribution in [0, 0.1) is 6.92 Å². The van der Waals surface area contributed by atoms with Crippen molar-refractivity contribution >= 4 is 5.97 Å². The maximum Gasteiger partial charge on any atom is 0.416 e. The van der Waals surface area contributed by atoms with E-state index >= 15 is 0 Å². The molecule has 0 atom stereocenters. The summed E-state index contributed by atoms with van der Waals surface area (Å²) in [5, 5.41) is 9.12. The van der Waals surface area contributed by atoms with Gasteiger partial charge < -0.3 is 5.11 Å². The Morgan fingerprint density at radius 1 is 1.05 bits per heavy atom. The average molecular weight is 280 g/mol. The van der Waals surface area contributed by atoms with Gasteiger partial charge in [0.15, 0.2) is 0 Å². The van der Waals surface area contributed by atoms with Gasteiger partial charge in [0, 0.05) is 0 Å². The zero-order valence-electron chi connectivity index (χ0n) is 10.5. The molecule has 0 amide bonds. The molecule has 2 aromatic rings. The molecule has 0 heterocycles. The molecule has 0 aromatic heterocycles. The van der Waals surface area contributed by atoms with Crippen LogP contribution in [-0.2, 0) is 6.18 Å². The monoisotopic (exact) mass is 280 g/mol. The predicted octanol–water partition coefficient (Wildman–Crippen LogP) is 4.38. The zero-order valence-corrected chi connectivity index (χ0v) is 10.5. The summed E-state index contributed by atoms with van der Waals surface area (Å²) in [5.41, 5.74) is 0.595. The minimum absolute atomic E-state index is 0.0651. The molecule has 20 heavy (non-hydrogen) atoms. The smallest absolute Gasteiger partial charge is 0.416 e. The molecule has 0 aliphatic rings. The summed E-state index contributed by atoms with van der Waals surface area (Å²) >= 11 is 0. The maximum atomic E-state index is 12.6. The highest BCUT2D eigenvalue weighted by molar-refractivity contribution is 5.96. The summed E-state index contributed by atoms with van der Waals surface area (Å²) in [6, 6.07) is 9.52. The molecule has 0 fully saturated rings. The first-order valence-electron chi connectivity index (χ1n) is 5.81. The molecule has 104 valence electrons. The topological polar surface area (TPSA) is 37.3 Å².